The molecule has 2 aromatic rings. The number of pyridine rings is 1. The zero-order valence-electron chi connectivity index (χ0n) is 9.05. The fourth-order valence-electron chi connectivity index (χ4n) is 1.65. The lowest BCUT2D eigenvalue weighted by Crippen LogP contribution is -2.04. The summed E-state index contributed by atoms with van der Waals surface area (Å²) >= 11 is 1.57. The minimum atomic E-state index is -0.494. The molecule has 0 amide bonds. The van der Waals surface area contributed by atoms with E-state index in [1.54, 1.807) is 17.5 Å². The number of aromatic nitrogens is 1. The van der Waals surface area contributed by atoms with Crippen LogP contribution in [0.1, 0.15) is 22.1 Å². The van der Waals surface area contributed by atoms with Crippen molar-refractivity contribution in [2.24, 2.45) is 0 Å². The first-order chi connectivity index (χ1) is 7.68. The first kappa shape index (κ1) is 11.1. The Bertz CT molecular complexity index is 481. The average Bonchev–Trinajstić information content (AvgIpc) is 2.68. The van der Waals surface area contributed by atoms with Crippen molar-refractivity contribution in [3.05, 3.63) is 45.8 Å². The molecule has 16 heavy (non-hydrogen) atoms. The normalized spacial score (nSPS) is 12.6. The second kappa shape index (κ2) is 4.63. The Morgan fingerprint density at radius 1 is 1.50 bits per heavy atom. The van der Waals surface area contributed by atoms with E-state index in [4.69, 9.17) is 5.73 Å². The van der Waals surface area contributed by atoms with Gasteiger partial charge in [-0.2, -0.15) is 0 Å². The highest BCUT2D eigenvalue weighted by molar-refractivity contribution is 7.10. The van der Waals surface area contributed by atoms with Crippen LogP contribution in [0.4, 0.5) is 5.82 Å². The van der Waals surface area contributed by atoms with Gasteiger partial charge in [0.1, 0.15) is 5.82 Å². The van der Waals surface area contributed by atoms with Gasteiger partial charge in [0.05, 0.1) is 6.10 Å². The fourth-order valence-corrected chi connectivity index (χ4v) is 2.56. The molecule has 0 saturated carbocycles. The van der Waals surface area contributed by atoms with Gasteiger partial charge in [-0.3, -0.25) is 0 Å². The van der Waals surface area contributed by atoms with Crippen molar-refractivity contribution in [3.8, 4) is 0 Å². The largest absolute Gasteiger partial charge is 0.387 e. The zero-order valence-corrected chi connectivity index (χ0v) is 9.87. The Labute approximate surface area is 98.6 Å². The van der Waals surface area contributed by atoms with Crippen molar-refractivity contribution >= 4 is 17.2 Å². The van der Waals surface area contributed by atoms with E-state index in [1.165, 1.54) is 0 Å². The smallest absolute Gasteiger partial charge is 0.126 e. The standard InChI is InChI=1S/C12H14N2OS/c1-8-4-6-16-11(8)10(15)7-9-3-2-5-14-12(9)13/h2-6,10,15H,7H2,1H3,(H2,13,14). The van der Waals surface area contributed by atoms with Gasteiger partial charge in [-0.05, 0) is 35.6 Å². The van der Waals surface area contributed by atoms with Gasteiger partial charge in [0.25, 0.3) is 0 Å². The molecular formula is C12H14N2OS. The van der Waals surface area contributed by atoms with Crippen LogP contribution in [-0.4, -0.2) is 10.1 Å². The number of hydrogen-bond acceptors (Lipinski definition) is 4. The molecule has 2 rings (SSSR count). The van der Waals surface area contributed by atoms with Crippen molar-refractivity contribution in [2.45, 2.75) is 19.4 Å². The molecule has 3 nitrogen and oxygen atoms in total. The molecule has 0 saturated heterocycles. The molecule has 0 aliphatic carbocycles. The molecule has 0 spiro atoms. The zero-order chi connectivity index (χ0) is 11.5. The second-order valence-electron chi connectivity index (χ2n) is 3.74. The highest BCUT2D eigenvalue weighted by Crippen LogP contribution is 2.27. The Morgan fingerprint density at radius 2 is 2.31 bits per heavy atom. The van der Waals surface area contributed by atoms with E-state index in [9.17, 15) is 5.11 Å². The van der Waals surface area contributed by atoms with Crippen LogP contribution in [0.2, 0.25) is 0 Å². The Balaban J connectivity index is 2.17. The van der Waals surface area contributed by atoms with Gasteiger partial charge in [0, 0.05) is 17.5 Å². The van der Waals surface area contributed by atoms with Crippen molar-refractivity contribution in [3.63, 3.8) is 0 Å². The summed E-state index contributed by atoms with van der Waals surface area (Å²) in [6.45, 7) is 2.00. The molecule has 1 atom stereocenters. The third kappa shape index (κ3) is 2.23. The van der Waals surface area contributed by atoms with Crippen molar-refractivity contribution in [2.75, 3.05) is 5.73 Å². The summed E-state index contributed by atoms with van der Waals surface area (Å²) in [6.07, 6.45) is 1.68. The van der Waals surface area contributed by atoms with Gasteiger partial charge in [-0.1, -0.05) is 6.07 Å². The third-order valence-electron chi connectivity index (χ3n) is 2.54. The number of nitrogens with two attached hydrogens (primary N) is 1. The monoisotopic (exact) mass is 234 g/mol. The number of nitrogens with zero attached hydrogens (tertiary/aromatic N) is 1. The minimum absolute atomic E-state index is 0.494. The summed E-state index contributed by atoms with van der Waals surface area (Å²) in [5.74, 6) is 0.496. The molecule has 2 heterocycles. The van der Waals surface area contributed by atoms with Crippen LogP contribution in [0, 0.1) is 6.92 Å². The van der Waals surface area contributed by atoms with Crippen molar-refractivity contribution < 1.29 is 5.11 Å². The lowest BCUT2D eigenvalue weighted by molar-refractivity contribution is 0.182. The topological polar surface area (TPSA) is 59.1 Å². The van der Waals surface area contributed by atoms with Gasteiger partial charge < -0.3 is 10.8 Å². The number of nitrogen functional groups attached to an aromatic ring is 1. The highest BCUT2D eigenvalue weighted by atomic mass is 32.1. The SMILES string of the molecule is Cc1ccsc1C(O)Cc1cccnc1N. The summed E-state index contributed by atoms with van der Waals surface area (Å²) in [6, 6.07) is 5.74. The molecule has 0 aliphatic heterocycles. The average molecular weight is 234 g/mol. The number of thiophene rings is 1. The lowest BCUT2D eigenvalue weighted by atomic mass is 10.1. The highest BCUT2D eigenvalue weighted by Gasteiger charge is 2.13. The van der Waals surface area contributed by atoms with E-state index in [2.05, 4.69) is 4.98 Å². The maximum atomic E-state index is 10.1. The lowest BCUT2D eigenvalue weighted by Gasteiger charge is -2.11. The van der Waals surface area contributed by atoms with E-state index < -0.39 is 6.10 Å². The Morgan fingerprint density at radius 3 is 2.94 bits per heavy atom. The molecule has 84 valence electrons. The summed E-state index contributed by atoms with van der Waals surface area (Å²) in [5.41, 5.74) is 7.76. The van der Waals surface area contributed by atoms with Crippen LogP contribution < -0.4 is 5.73 Å². The first-order valence-corrected chi connectivity index (χ1v) is 5.98. The van der Waals surface area contributed by atoms with Crippen LogP contribution in [0.15, 0.2) is 29.8 Å². The third-order valence-corrected chi connectivity index (χ3v) is 3.66. The molecule has 0 fully saturated rings. The summed E-state index contributed by atoms with van der Waals surface area (Å²) in [5, 5.41) is 12.1. The van der Waals surface area contributed by atoms with Crippen LogP contribution in [0.5, 0.6) is 0 Å². The number of hydrogen-bond donors (Lipinski definition) is 2. The maximum Gasteiger partial charge on any atom is 0.126 e. The molecule has 0 radical (unpaired) electrons. The van der Waals surface area contributed by atoms with Crippen molar-refractivity contribution in [1.29, 1.82) is 0 Å². The van der Waals surface area contributed by atoms with Gasteiger partial charge in [0.15, 0.2) is 0 Å². The molecular weight excluding hydrogens is 220 g/mol. The van der Waals surface area contributed by atoms with E-state index in [1.807, 2.05) is 30.5 Å². The summed E-state index contributed by atoms with van der Waals surface area (Å²) in [7, 11) is 0. The van der Waals surface area contributed by atoms with E-state index >= 15 is 0 Å². The fraction of sp³-hybridized carbons (Fsp3) is 0.250. The number of aliphatic hydroxyl groups is 1. The molecule has 4 heteroatoms. The van der Waals surface area contributed by atoms with Gasteiger partial charge >= 0.3 is 0 Å². The van der Waals surface area contributed by atoms with Gasteiger partial charge in [-0.15, -0.1) is 11.3 Å². The Kier molecular flexibility index (Phi) is 3.22. The maximum absolute atomic E-state index is 10.1. The quantitative estimate of drug-likeness (QED) is 0.856. The number of rotatable bonds is 3. The molecule has 0 bridgehead atoms. The predicted molar refractivity (Wildman–Crippen MR) is 66.4 cm³/mol. The van der Waals surface area contributed by atoms with E-state index in [-0.39, 0.29) is 0 Å². The van der Waals surface area contributed by atoms with E-state index in [0.29, 0.717) is 12.2 Å². The van der Waals surface area contributed by atoms with Crippen LogP contribution in [0.3, 0.4) is 0 Å². The summed E-state index contributed by atoms with van der Waals surface area (Å²) < 4.78 is 0. The molecule has 3 N–H and O–H groups in total. The Hall–Kier alpha value is -1.39. The summed E-state index contributed by atoms with van der Waals surface area (Å²) in [4.78, 5) is 5.01. The molecule has 0 aromatic carbocycles. The number of aliphatic hydroxyl groups excluding tert-OH is 1. The molecule has 0 aliphatic rings. The van der Waals surface area contributed by atoms with Crippen molar-refractivity contribution in [1.82, 2.24) is 4.98 Å². The second-order valence-corrected chi connectivity index (χ2v) is 4.68. The van der Waals surface area contributed by atoms with Crippen LogP contribution >= 0.6 is 11.3 Å². The van der Waals surface area contributed by atoms with Gasteiger partial charge in [-0.25, -0.2) is 4.98 Å². The molecule has 2 aromatic heterocycles. The number of anilines is 1. The van der Waals surface area contributed by atoms with E-state index in [0.717, 1.165) is 16.0 Å². The van der Waals surface area contributed by atoms with Crippen LogP contribution in [0.25, 0.3) is 0 Å². The van der Waals surface area contributed by atoms with Crippen LogP contribution in [-0.2, 0) is 6.42 Å². The molecule has 1 unspecified atom stereocenters. The minimum Gasteiger partial charge on any atom is -0.387 e. The first-order valence-electron chi connectivity index (χ1n) is 5.10. The predicted octanol–water partition coefficient (Wildman–Crippen LogP) is 2.31. The van der Waals surface area contributed by atoms with Gasteiger partial charge in [0.2, 0.25) is 0 Å². The number of aryl methyl sites for hydroxylation is 1.